The fourth-order valence-electron chi connectivity index (χ4n) is 1.74. The van der Waals surface area contributed by atoms with Gasteiger partial charge in [0.2, 0.25) is 0 Å². The van der Waals surface area contributed by atoms with Gasteiger partial charge >= 0.3 is 0 Å². The van der Waals surface area contributed by atoms with Crippen molar-refractivity contribution < 1.29 is 9.47 Å². The average molecular weight is 239 g/mol. The minimum absolute atomic E-state index is 0.637. The standard InChI is InChI=1S/C12H17NO2S/c1-9-5-11-12(15-4-3-14-11)6-10(9)7-13(2)8-16/h5-6,16H,3-4,7-8H2,1-2H3. The molecule has 0 spiro atoms. The summed E-state index contributed by atoms with van der Waals surface area (Å²) in [6, 6.07) is 4.12. The van der Waals surface area contributed by atoms with Gasteiger partial charge in [-0.3, -0.25) is 4.90 Å². The maximum absolute atomic E-state index is 5.57. The van der Waals surface area contributed by atoms with E-state index in [-0.39, 0.29) is 0 Å². The molecular formula is C12H17NO2S. The molecule has 0 fully saturated rings. The van der Waals surface area contributed by atoms with Crippen LogP contribution >= 0.6 is 12.6 Å². The van der Waals surface area contributed by atoms with Crippen molar-refractivity contribution in [1.29, 1.82) is 0 Å². The van der Waals surface area contributed by atoms with Crippen LogP contribution in [0.25, 0.3) is 0 Å². The van der Waals surface area contributed by atoms with Gasteiger partial charge in [0.15, 0.2) is 11.5 Å². The second kappa shape index (κ2) is 4.97. The lowest BCUT2D eigenvalue weighted by atomic mass is 10.1. The summed E-state index contributed by atoms with van der Waals surface area (Å²) in [6.45, 7) is 4.26. The van der Waals surface area contributed by atoms with Crippen LogP contribution in [0.5, 0.6) is 11.5 Å². The third kappa shape index (κ3) is 2.44. The van der Waals surface area contributed by atoms with Crippen molar-refractivity contribution in [2.75, 3.05) is 26.1 Å². The molecule has 1 heterocycles. The van der Waals surface area contributed by atoms with Crippen molar-refractivity contribution in [3.8, 4) is 11.5 Å². The lowest BCUT2D eigenvalue weighted by Gasteiger charge is -2.22. The molecule has 1 aliphatic rings. The van der Waals surface area contributed by atoms with Gasteiger partial charge in [-0.25, -0.2) is 0 Å². The highest BCUT2D eigenvalue weighted by atomic mass is 32.1. The minimum Gasteiger partial charge on any atom is -0.486 e. The number of ether oxygens (including phenoxy) is 2. The first-order valence-electron chi connectivity index (χ1n) is 5.39. The summed E-state index contributed by atoms with van der Waals surface area (Å²) in [6.07, 6.45) is 0. The molecule has 3 nitrogen and oxygen atoms in total. The van der Waals surface area contributed by atoms with Crippen molar-refractivity contribution in [3.05, 3.63) is 23.3 Å². The third-order valence-electron chi connectivity index (χ3n) is 2.68. The van der Waals surface area contributed by atoms with Crippen LogP contribution in [0.2, 0.25) is 0 Å². The average Bonchev–Trinajstić information content (AvgIpc) is 2.30. The van der Waals surface area contributed by atoms with Crippen molar-refractivity contribution in [2.45, 2.75) is 13.5 Å². The Balaban J connectivity index is 2.25. The highest BCUT2D eigenvalue weighted by Gasteiger charge is 2.14. The maximum atomic E-state index is 5.57. The number of hydrogen-bond acceptors (Lipinski definition) is 4. The van der Waals surface area contributed by atoms with E-state index in [9.17, 15) is 0 Å². The highest BCUT2D eigenvalue weighted by molar-refractivity contribution is 7.80. The van der Waals surface area contributed by atoms with Crippen molar-refractivity contribution >= 4 is 12.6 Å². The molecule has 1 aromatic carbocycles. The van der Waals surface area contributed by atoms with Gasteiger partial charge in [0.1, 0.15) is 13.2 Å². The zero-order valence-corrected chi connectivity index (χ0v) is 10.6. The number of rotatable bonds is 3. The van der Waals surface area contributed by atoms with Gasteiger partial charge in [0, 0.05) is 12.4 Å². The summed E-state index contributed by atoms with van der Waals surface area (Å²) >= 11 is 4.25. The van der Waals surface area contributed by atoms with Crippen LogP contribution in [-0.2, 0) is 6.54 Å². The van der Waals surface area contributed by atoms with E-state index >= 15 is 0 Å². The minimum atomic E-state index is 0.637. The van der Waals surface area contributed by atoms with Gasteiger partial charge in [-0.2, -0.15) is 12.6 Å². The summed E-state index contributed by atoms with van der Waals surface area (Å²) < 4.78 is 11.1. The van der Waals surface area contributed by atoms with Crippen LogP contribution in [0.1, 0.15) is 11.1 Å². The van der Waals surface area contributed by atoms with Gasteiger partial charge in [-0.1, -0.05) is 0 Å². The lowest BCUT2D eigenvalue weighted by Crippen LogP contribution is -2.18. The molecule has 1 aliphatic heterocycles. The summed E-state index contributed by atoms with van der Waals surface area (Å²) in [4.78, 5) is 2.14. The zero-order chi connectivity index (χ0) is 11.5. The third-order valence-corrected chi connectivity index (χ3v) is 3.17. The van der Waals surface area contributed by atoms with Gasteiger partial charge < -0.3 is 9.47 Å². The van der Waals surface area contributed by atoms with E-state index in [1.165, 1.54) is 11.1 Å². The van der Waals surface area contributed by atoms with Crippen LogP contribution < -0.4 is 9.47 Å². The number of nitrogens with zero attached hydrogens (tertiary/aromatic N) is 1. The van der Waals surface area contributed by atoms with Crippen LogP contribution in [0.3, 0.4) is 0 Å². The molecule has 0 unspecified atom stereocenters. The summed E-state index contributed by atoms with van der Waals surface area (Å²) in [5, 5.41) is 0. The van der Waals surface area contributed by atoms with E-state index in [0.29, 0.717) is 13.2 Å². The Hall–Kier alpha value is -0.870. The van der Waals surface area contributed by atoms with Gasteiger partial charge in [-0.05, 0) is 37.2 Å². The molecule has 0 atom stereocenters. The lowest BCUT2D eigenvalue weighted by molar-refractivity contribution is 0.171. The van der Waals surface area contributed by atoms with Crippen LogP contribution in [0, 0.1) is 6.92 Å². The van der Waals surface area contributed by atoms with Crippen molar-refractivity contribution in [3.63, 3.8) is 0 Å². The number of benzene rings is 1. The fourth-order valence-corrected chi connectivity index (χ4v) is 1.84. The summed E-state index contributed by atoms with van der Waals surface area (Å²) in [5.41, 5.74) is 2.50. The number of fused-ring (bicyclic) bond motifs is 1. The van der Waals surface area contributed by atoms with Gasteiger partial charge in [0.05, 0.1) is 0 Å². The number of thiol groups is 1. The fraction of sp³-hybridized carbons (Fsp3) is 0.500. The molecule has 0 amide bonds. The molecule has 2 rings (SSSR count). The predicted octanol–water partition coefficient (Wildman–Crippen LogP) is 2.09. The van der Waals surface area contributed by atoms with Gasteiger partial charge in [0.25, 0.3) is 0 Å². The topological polar surface area (TPSA) is 21.7 Å². The Kier molecular flexibility index (Phi) is 3.61. The van der Waals surface area contributed by atoms with E-state index in [2.05, 4.69) is 36.6 Å². The first kappa shape index (κ1) is 11.6. The smallest absolute Gasteiger partial charge is 0.161 e. The first-order chi connectivity index (χ1) is 7.70. The molecule has 0 saturated heterocycles. The SMILES string of the molecule is Cc1cc2c(cc1CN(C)CS)OCCO2. The zero-order valence-electron chi connectivity index (χ0n) is 9.69. The van der Waals surface area contributed by atoms with Crippen molar-refractivity contribution in [1.82, 2.24) is 4.90 Å². The second-order valence-electron chi connectivity index (χ2n) is 4.08. The molecule has 0 N–H and O–H groups in total. The Morgan fingerprint density at radius 3 is 2.50 bits per heavy atom. The molecule has 88 valence electrons. The molecule has 16 heavy (non-hydrogen) atoms. The van der Waals surface area contributed by atoms with E-state index < -0.39 is 0 Å². The van der Waals surface area contributed by atoms with E-state index in [1.807, 2.05) is 7.05 Å². The predicted molar refractivity (Wildman–Crippen MR) is 67.5 cm³/mol. The highest BCUT2D eigenvalue weighted by Crippen LogP contribution is 2.33. The Labute approximate surface area is 102 Å². The summed E-state index contributed by atoms with van der Waals surface area (Å²) in [5.74, 6) is 2.47. The van der Waals surface area contributed by atoms with E-state index in [4.69, 9.17) is 9.47 Å². The summed E-state index contributed by atoms with van der Waals surface area (Å²) in [7, 11) is 2.04. The Morgan fingerprint density at radius 2 is 1.88 bits per heavy atom. The Morgan fingerprint density at radius 1 is 1.25 bits per heavy atom. The Bertz CT molecular complexity index is 382. The number of hydrogen-bond donors (Lipinski definition) is 1. The molecule has 0 saturated carbocycles. The molecule has 0 aliphatic carbocycles. The van der Waals surface area contributed by atoms with E-state index in [1.54, 1.807) is 0 Å². The quantitative estimate of drug-likeness (QED) is 0.645. The van der Waals surface area contributed by atoms with E-state index in [0.717, 1.165) is 23.9 Å². The molecule has 4 heteroatoms. The molecule has 1 aromatic rings. The van der Waals surface area contributed by atoms with Crippen LogP contribution in [0.15, 0.2) is 12.1 Å². The first-order valence-corrected chi connectivity index (χ1v) is 6.02. The largest absolute Gasteiger partial charge is 0.486 e. The molecule has 0 bridgehead atoms. The number of aryl methyl sites for hydroxylation is 1. The second-order valence-corrected chi connectivity index (χ2v) is 4.36. The van der Waals surface area contributed by atoms with Gasteiger partial charge in [-0.15, -0.1) is 0 Å². The maximum Gasteiger partial charge on any atom is 0.161 e. The molecule has 0 aromatic heterocycles. The van der Waals surface area contributed by atoms with Crippen LogP contribution in [-0.4, -0.2) is 31.0 Å². The normalized spacial score (nSPS) is 14.2. The van der Waals surface area contributed by atoms with Crippen LogP contribution in [0.4, 0.5) is 0 Å². The van der Waals surface area contributed by atoms with Crippen molar-refractivity contribution in [2.24, 2.45) is 0 Å². The molecule has 0 radical (unpaired) electrons. The molecular weight excluding hydrogens is 222 g/mol. The monoisotopic (exact) mass is 239 g/mol.